The molecule has 0 aliphatic carbocycles. The maximum atomic E-state index is 12.8. The Hall–Kier alpha value is -3.80. The summed E-state index contributed by atoms with van der Waals surface area (Å²) < 4.78 is 16.8. The number of nitrogens with zero attached hydrogens (tertiary/aromatic N) is 1. The normalized spacial score (nSPS) is 19.7. The molecule has 3 aromatic carbocycles. The highest BCUT2D eigenvalue weighted by atomic mass is 16.8. The second-order valence-electron chi connectivity index (χ2n) is 6.46. The summed E-state index contributed by atoms with van der Waals surface area (Å²) in [7, 11) is 1.59. The molecule has 2 heterocycles. The van der Waals surface area contributed by atoms with E-state index in [1.165, 1.54) is 0 Å². The highest BCUT2D eigenvalue weighted by Crippen LogP contribution is 2.50. The van der Waals surface area contributed by atoms with E-state index in [-0.39, 0.29) is 0 Å². The van der Waals surface area contributed by atoms with Gasteiger partial charge < -0.3 is 14.2 Å². The van der Waals surface area contributed by atoms with Crippen molar-refractivity contribution in [2.75, 3.05) is 12.0 Å². The molecule has 1 spiro atoms. The molecule has 0 amide bonds. The predicted molar refractivity (Wildman–Crippen MR) is 101 cm³/mol. The molecule has 0 fully saturated rings. The van der Waals surface area contributed by atoms with Gasteiger partial charge in [-0.2, -0.15) is 0 Å². The van der Waals surface area contributed by atoms with E-state index in [1.807, 2.05) is 18.2 Å². The van der Waals surface area contributed by atoms with Gasteiger partial charge >= 0.3 is 17.8 Å². The van der Waals surface area contributed by atoms with Crippen molar-refractivity contribution in [2.45, 2.75) is 5.91 Å². The van der Waals surface area contributed by atoms with E-state index in [0.29, 0.717) is 33.8 Å². The highest BCUT2D eigenvalue weighted by molar-refractivity contribution is 6.02. The molecular formula is C22H15NO5. The molecule has 0 saturated heterocycles. The number of benzene rings is 3. The van der Waals surface area contributed by atoms with Gasteiger partial charge in [0.05, 0.1) is 29.5 Å². The number of rotatable bonds is 2. The first kappa shape index (κ1) is 16.4. The van der Waals surface area contributed by atoms with Crippen molar-refractivity contribution in [1.29, 1.82) is 0 Å². The summed E-state index contributed by atoms with van der Waals surface area (Å²) in [6.07, 6.45) is 0. The molecule has 0 radical (unpaired) electrons. The average Bonchev–Trinajstić information content (AvgIpc) is 3.01. The number of methoxy groups -OCH3 is 1. The Balaban J connectivity index is 1.79. The van der Waals surface area contributed by atoms with Crippen molar-refractivity contribution in [1.82, 2.24) is 0 Å². The smallest absolute Gasteiger partial charge is 0.377 e. The number of hydrogen-bond donors (Lipinski definition) is 0. The minimum absolute atomic E-state index is 0.369. The van der Waals surface area contributed by atoms with Crippen molar-refractivity contribution >= 4 is 23.3 Å². The summed E-state index contributed by atoms with van der Waals surface area (Å²) in [6.45, 7) is 0. The largest absolute Gasteiger partial charge is 0.497 e. The van der Waals surface area contributed by atoms with E-state index in [0.717, 1.165) is 0 Å². The lowest BCUT2D eigenvalue weighted by Crippen LogP contribution is -2.51. The number of carbonyl (C=O) groups is 2. The fraction of sp³-hybridized carbons (Fsp3) is 0.0909. The van der Waals surface area contributed by atoms with Gasteiger partial charge in [-0.05, 0) is 48.5 Å². The number of fused-ring (bicyclic) bond motifs is 3. The summed E-state index contributed by atoms with van der Waals surface area (Å²) >= 11 is 0. The summed E-state index contributed by atoms with van der Waals surface area (Å²) in [6, 6.07) is 21.2. The van der Waals surface area contributed by atoms with Crippen LogP contribution in [0.15, 0.2) is 72.8 Å². The van der Waals surface area contributed by atoms with E-state index in [1.54, 1.807) is 66.6 Å². The van der Waals surface area contributed by atoms with Gasteiger partial charge in [-0.25, -0.2) is 9.59 Å². The van der Waals surface area contributed by atoms with E-state index in [2.05, 4.69) is 0 Å². The van der Waals surface area contributed by atoms with Gasteiger partial charge in [-0.15, -0.1) is 0 Å². The predicted octanol–water partition coefficient (Wildman–Crippen LogP) is 3.98. The molecule has 28 heavy (non-hydrogen) atoms. The van der Waals surface area contributed by atoms with Gasteiger partial charge in [0, 0.05) is 5.69 Å². The zero-order chi connectivity index (χ0) is 19.3. The first-order chi connectivity index (χ1) is 13.6. The summed E-state index contributed by atoms with van der Waals surface area (Å²) in [4.78, 5) is 27.1. The first-order valence-corrected chi connectivity index (χ1v) is 8.73. The fourth-order valence-corrected chi connectivity index (χ4v) is 3.68. The van der Waals surface area contributed by atoms with E-state index in [9.17, 15) is 9.59 Å². The number of para-hydroxylation sites is 1. The molecule has 0 N–H and O–H groups in total. The topological polar surface area (TPSA) is 65.1 Å². The zero-order valence-corrected chi connectivity index (χ0v) is 14.9. The van der Waals surface area contributed by atoms with Crippen LogP contribution in [0.1, 0.15) is 26.3 Å². The van der Waals surface area contributed by atoms with Crippen LogP contribution in [-0.4, -0.2) is 19.0 Å². The third-order valence-corrected chi connectivity index (χ3v) is 4.94. The Morgan fingerprint density at radius 2 is 1.39 bits per heavy atom. The molecule has 138 valence electrons. The van der Waals surface area contributed by atoms with Crippen LogP contribution in [0.2, 0.25) is 0 Å². The monoisotopic (exact) mass is 373 g/mol. The number of hydrogen-bond acceptors (Lipinski definition) is 6. The average molecular weight is 373 g/mol. The van der Waals surface area contributed by atoms with Crippen LogP contribution in [0, 0.1) is 0 Å². The SMILES string of the molecule is COc1ccc(N2c3ccccc3C(=O)OC23OC(=O)c2ccccc23)cc1. The maximum Gasteiger partial charge on any atom is 0.377 e. The highest BCUT2D eigenvalue weighted by Gasteiger charge is 2.57. The second-order valence-corrected chi connectivity index (χ2v) is 6.46. The Morgan fingerprint density at radius 3 is 2.11 bits per heavy atom. The van der Waals surface area contributed by atoms with Gasteiger partial charge in [0.1, 0.15) is 5.75 Å². The fourth-order valence-electron chi connectivity index (χ4n) is 3.68. The van der Waals surface area contributed by atoms with E-state index in [4.69, 9.17) is 14.2 Å². The third-order valence-electron chi connectivity index (χ3n) is 4.94. The van der Waals surface area contributed by atoms with E-state index < -0.39 is 17.8 Å². The van der Waals surface area contributed by atoms with Crippen LogP contribution in [0.4, 0.5) is 11.4 Å². The minimum Gasteiger partial charge on any atom is -0.497 e. The Morgan fingerprint density at radius 1 is 0.786 bits per heavy atom. The quantitative estimate of drug-likeness (QED) is 0.633. The maximum absolute atomic E-state index is 12.8. The second kappa shape index (κ2) is 5.85. The standard InChI is InChI=1S/C22H15NO5/c1-26-15-12-10-14(11-13-15)23-19-9-5-3-7-17(19)21(25)28-22(23)18-8-4-2-6-16(18)20(24)27-22/h2-13H,1H3. The van der Waals surface area contributed by atoms with Crippen LogP contribution in [0.3, 0.4) is 0 Å². The summed E-state index contributed by atoms with van der Waals surface area (Å²) in [5, 5.41) is 0. The van der Waals surface area contributed by atoms with Crippen molar-refractivity contribution in [3.63, 3.8) is 0 Å². The van der Waals surface area contributed by atoms with Gasteiger partial charge in [-0.3, -0.25) is 4.90 Å². The molecule has 0 aromatic heterocycles. The van der Waals surface area contributed by atoms with Gasteiger partial charge in [0.2, 0.25) is 0 Å². The van der Waals surface area contributed by atoms with Crippen molar-refractivity contribution in [3.05, 3.63) is 89.5 Å². The Bertz CT molecular complexity index is 1110. The van der Waals surface area contributed by atoms with Gasteiger partial charge in [-0.1, -0.05) is 24.3 Å². The molecule has 2 aliphatic rings. The third kappa shape index (κ3) is 2.15. The zero-order valence-electron chi connectivity index (χ0n) is 14.9. The number of anilines is 2. The molecule has 1 atom stereocenters. The lowest BCUT2D eigenvalue weighted by molar-refractivity contribution is -0.165. The van der Waals surface area contributed by atoms with Crippen LogP contribution >= 0.6 is 0 Å². The van der Waals surface area contributed by atoms with Crippen LogP contribution < -0.4 is 9.64 Å². The Kier molecular flexibility index (Phi) is 3.42. The number of ether oxygens (including phenoxy) is 3. The van der Waals surface area contributed by atoms with Gasteiger partial charge in [0.15, 0.2) is 0 Å². The number of esters is 2. The molecule has 1 unspecified atom stereocenters. The number of carbonyl (C=O) groups excluding carboxylic acids is 2. The molecule has 6 heteroatoms. The molecular weight excluding hydrogens is 358 g/mol. The lowest BCUT2D eigenvalue weighted by atomic mass is 10.0. The summed E-state index contributed by atoms with van der Waals surface area (Å²) in [5.41, 5.74) is 2.52. The minimum atomic E-state index is -1.70. The molecule has 0 saturated carbocycles. The molecule has 3 aromatic rings. The molecule has 0 bridgehead atoms. The Labute approximate surface area is 160 Å². The lowest BCUT2D eigenvalue weighted by Gasteiger charge is -2.43. The molecule has 5 rings (SSSR count). The molecule has 6 nitrogen and oxygen atoms in total. The van der Waals surface area contributed by atoms with Crippen molar-refractivity contribution in [3.8, 4) is 5.75 Å². The van der Waals surface area contributed by atoms with Crippen LogP contribution in [0.5, 0.6) is 5.75 Å². The van der Waals surface area contributed by atoms with Crippen LogP contribution in [-0.2, 0) is 15.4 Å². The van der Waals surface area contributed by atoms with Crippen LogP contribution in [0.25, 0.3) is 0 Å². The summed E-state index contributed by atoms with van der Waals surface area (Å²) in [5.74, 6) is -2.11. The molecule has 2 aliphatic heterocycles. The van der Waals surface area contributed by atoms with Gasteiger partial charge in [0.25, 0.3) is 0 Å². The van der Waals surface area contributed by atoms with Crippen molar-refractivity contribution in [2.24, 2.45) is 0 Å². The first-order valence-electron chi connectivity index (χ1n) is 8.73. The van der Waals surface area contributed by atoms with Crippen molar-refractivity contribution < 1.29 is 23.8 Å². The van der Waals surface area contributed by atoms with E-state index >= 15 is 0 Å².